The number of ether oxygens (including phenoxy) is 2. The lowest BCUT2D eigenvalue weighted by Crippen LogP contribution is -2.22. The highest BCUT2D eigenvalue weighted by Crippen LogP contribution is 2.33. The van der Waals surface area contributed by atoms with Crippen molar-refractivity contribution in [1.82, 2.24) is 4.57 Å². The van der Waals surface area contributed by atoms with E-state index in [4.69, 9.17) is 9.47 Å². The molecule has 32 heavy (non-hydrogen) atoms. The Kier molecular flexibility index (Phi) is 4.90. The first-order valence-corrected chi connectivity index (χ1v) is 10.4. The maximum atomic E-state index is 13.2. The smallest absolute Gasteiger partial charge is 0.261 e. The molecule has 0 radical (unpaired) electrons. The molecule has 0 atom stereocenters. The van der Waals surface area contributed by atoms with E-state index >= 15 is 0 Å². The van der Waals surface area contributed by atoms with Crippen LogP contribution in [-0.4, -0.2) is 22.7 Å². The number of hydrogen-bond acceptors (Lipinski definition) is 5. The van der Waals surface area contributed by atoms with Crippen LogP contribution in [0.15, 0.2) is 70.5 Å². The number of benzene rings is 3. The normalized spacial score (nSPS) is 12.7. The molecule has 0 amide bonds. The molecule has 5 rings (SSSR count). The lowest BCUT2D eigenvalue weighted by molar-refractivity contribution is 0.174. The highest BCUT2D eigenvalue weighted by atomic mass is 16.7. The maximum absolute atomic E-state index is 13.2. The van der Waals surface area contributed by atoms with Crippen molar-refractivity contribution in [3.05, 3.63) is 93.3 Å². The largest absolute Gasteiger partial charge is 0.494 e. The van der Waals surface area contributed by atoms with Crippen LogP contribution in [0.25, 0.3) is 10.8 Å². The fourth-order valence-corrected chi connectivity index (χ4v) is 3.85. The first-order chi connectivity index (χ1) is 15.5. The Morgan fingerprint density at radius 1 is 0.969 bits per heavy atom. The minimum Gasteiger partial charge on any atom is -0.494 e. The van der Waals surface area contributed by atoms with Crippen LogP contribution in [0.2, 0.25) is 0 Å². The number of hydrogen-bond donors (Lipinski definition) is 1. The summed E-state index contributed by atoms with van der Waals surface area (Å²) >= 11 is 0. The Labute approximate surface area is 185 Å². The Morgan fingerprint density at radius 3 is 2.56 bits per heavy atom. The number of aromatic nitrogens is 1. The van der Waals surface area contributed by atoms with E-state index in [1.54, 1.807) is 12.3 Å². The minimum atomic E-state index is -0.265. The predicted molar refractivity (Wildman–Crippen MR) is 125 cm³/mol. The number of aliphatic imine (C=N–C) groups is 1. The van der Waals surface area contributed by atoms with Gasteiger partial charge in [-0.1, -0.05) is 30.3 Å². The quantitative estimate of drug-likeness (QED) is 0.474. The van der Waals surface area contributed by atoms with Gasteiger partial charge in [0.2, 0.25) is 12.7 Å². The predicted octanol–water partition coefficient (Wildman–Crippen LogP) is 4.85. The molecule has 0 saturated heterocycles. The molecule has 6 heteroatoms. The minimum absolute atomic E-state index is 0.126. The summed E-state index contributed by atoms with van der Waals surface area (Å²) in [5.41, 5.74) is 4.17. The van der Waals surface area contributed by atoms with Gasteiger partial charge in [0.05, 0.1) is 17.8 Å². The molecule has 0 aliphatic carbocycles. The number of fused-ring (bicyclic) bond motifs is 2. The molecule has 0 fully saturated rings. The van der Waals surface area contributed by atoms with E-state index in [9.17, 15) is 9.90 Å². The first-order valence-electron chi connectivity index (χ1n) is 10.4. The second-order valence-electron chi connectivity index (χ2n) is 7.89. The summed E-state index contributed by atoms with van der Waals surface area (Å²) in [6, 6.07) is 18.7. The van der Waals surface area contributed by atoms with Crippen molar-refractivity contribution in [3.8, 4) is 17.4 Å². The molecule has 1 aliphatic heterocycles. The molecule has 3 aromatic carbocycles. The van der Waals surface area contributed by atoms with Crippen LogP contribution in [0.5, 0.6) is 17.4 Å². The zero-order chi connectivity index (χ0) is 22.2. The summed E-state index contributed by atoms with van der Waals surface area (Å²) in [5, 5.41) is 12.3. The van der Waals surface area contributed by atoms with Crippen LogP contribution in [0.4, 0.5) is 5.69 Å². The standard InChI is InChI=1S/C26H22N2O4/c1-16-7-9-19(11-17(16)2)27-13-22-20-5-3-4-6-21(20)25(29)28(26(22)30)14-18-8-10-23-24(12-18)32-15-31-23/h3-13,30H,14-15H2,1-2H3. The molecule has 4 aromatic rings. The zero-order valence-electron chi connectivity index (χ0n) is 17.8. The van der Waals surface area contributed by atoms with Gasteiger partial charge in [0.15, 0.2) is 11.5 Å². The van der Waals surface area contributed by atoms with Crippen molar-refractivity contribution in [2.75, 3.05) is 6.79 Å². The third-order valence-electron chi connectivity index (χ3n) is 5.80. The number of aromatic hydroxyl groups is 1. The topological polar surface area (TPSA) is 73.1 Å². The summed E-state index contributed by atoms with van der Waals surface area (Å²) in [4.78, 5) is 17.8. The van der Waals surface area contributed by atoms with Gasteiger partial charge >= 0.3 is 0 Å². The van der Waals surface area contributed by atoms with Crippen molar-refractivity contribution >= 4 is 22.7 Å². The third-order valence-corrected chi connectivity index (χ3v) is 5.80. The van der Waals surface area contributed by atoms with Gasteiger partial charge in [0.25, 0.3) is 5.56 Å². The summed E-state index contributed by atoms with van der Waals surface area (Å²) in [6.45, 7) is 4.45. The van der Waals surface area contributed by atoms with Crippen LogP contribution < -0.4 is 15.0 Å². The van der Waals surface area contributed by atoms with Crippen molar-refractivity contribution in [2.45, 2.75) is 20.4 Å². The molecule has 1 N–H and O–H groups in total. The Morgan fingerprint density at radius 2 is 1.75 bits per heavy atom. The summed E-state index contributed by atoms with van der Waals surface area (Å²) in [5.74, 6) is 1.18. The van der Waals surface area contributed by atoms with Crippen LogP contribution >= 0.6 is 0 Å². The second-order valence-corrected chi connectivity index (χ2v) is 7.89. The van der Waals surface area contributed by atoms with E-state index < -0.39 is 0 Å². The summed E-state index contributed by atoms with van der Waals surface area (Å²) in [6.07, 6.45) is 1.62. The lowest BCUT2D eigenvalue weighted by atomic mass is 10.1. The van der Waals surface area contributed by atoms with E-state index in [1.165, 1.54) is 10.1 Å². The fraction of sp³-hybridized carbons (Fsp3) is 0.154. The fourth-order valence-electron chi connectivity index (χ4n) is 3.85. The van der Waals surface area contributed by atoms with Crippen molar-refractivity contribution in [2.24, 2.45) is 4.99 Å². The number of pyridine rings is 1. The molecule has 0 spiro atoms. The summed E-state index contributed by atoms with van der Waals surface area (Å²) < 4.78 is 12.2. The SMILES string of the molecule is Cc1ccc(N=Cc2c(O)n(Cc3ccc4c(c3)OCO4)c(=O)c3ccccc23)cc1C. The second kappa shape index (κ2) is 7.89. The average molecular weight is 426 g/mol. The number of nitrogens with zero attached hydrogens (tertiary/aromatic N) is 2. The molecule has 1 aromatic heterocycles. The van der Waals surface area contributed by atoms with E-state index in [1.807, 2.05) is 68.4 Å². The van der Waals surface area contributed by atoms with Gasteiger partial charge in [-0.2, -0.15) is 0 Å². The molecule has 160 valence electrons. The first kappa shape index (κ1) is 19.9. The molecule has 0 unspecified atom stereocenters. The Bertz CT molecular complexity index is 1440. The highest BCUT2D eigenvalue weighted by molar-refractivity contribution is 6.02. The third kappa shape index (κ3) is 3.50. The molecule has 1 aliphatic rings. The van der Waals surface area contributed by atoms with Gasteiger partial charge in [-0.3, -0.25) is 14.4 Å². The molecular weight excluding hydrogens is 404 g/mol. The van der Waals surface area contributed by atoms with Crippen LogP contribution in [-0.2, 0) is 6.54 Å². The zero-order valence-corrected chi connectivity index (χ0v) is 17.8. The van der Waals surface area contributed by atoms with Crippen molar-refractivity contribution in [1.29, 1.82) is 0 Å². The van der Waals surface area contributed by atoms with Gasteiger partial charge in [-0.25, -0.2) is 0 Å². The monoisotopic (exact) mass is 426 g/mol. The van der Waals surface area contributed by atoms with E-state index in [-0.39, 0.29) is 24.8 Å². The highest BCUT2D eigenvalue weighted by Gasteiger charge is 2.17. The van der Waals surface area contributed by atoms with Crippen LogP contribution in [0.1, 0.15) is 22.3 Å². The van der Waals surface area contributed by atoms with Crippen LogP contribution in [0.3, 0.4) is 0 Å². The molecule has 6 nitrogen and oxygen atoms in total. The van der Waals surface area contributed by atoms with Gasteiger partial charge in [0.1, 0.15) is 0 Å². The van der Waals surface area contributed by atoms with Gasteiger partial charge in [-0.05, 0) is 60.9 Å². The maximum Gasteiger partial charge on any atom is 0.261 e. The lowest BCUT2D eigenvalue weighted by Gasteiger charge is -2.14. The molecule has 2 heterocycles. The number of rotatable bonds is 4. The van der Waals surface area contributed by atoms with Gasteiger partial charge < -0.3 is 14.6 Å². The Hall–Kier alpha value is -4.06. The van der Waals surface area contributed by atoms with Crippen molar-refractivity contribution < 1.29 is 14.6 Å². The molecular formula is C26H22N2O4. The van der Waals surface area contributed by atoms with Crippen LogP contribution in [0, 0.1) is 13.8 Å². The number of aryl methyl sites for hydroxylation is 2. The summed E-state index contributed by atoms with van der Waals surface area (Å²) in [7, 11) is 0. The molecule has 0 saturated carbocycles. The van der Waals surface area contributed by atoms with E-state index in [0.717, 1.165) is 16.8 Å². The van der Waals surface area contributed by atoms with Gasteiger partial charge in [-0.15, -0.1) is 0 Å². The molecule has 0 bridgehead atoms. The van der Waals surface area contributed by atoms with E-state index in [0.29, 0.717) is 27.8 Å². The van der Waals surface area contributed by atoms with Gasteiger partial charge in [0, 0.05) is 17.0 Å². The van der Waals surface area contributed by atoms with Crippen molar-refractivity contribution in [3.63, 3.8) is 0 Å². The Balaban J connectivity index is 1.62. The average Bonchev–Trinajstić information content (AvgIpc) is 3.27. The van der Waals surface area contributed by atoms with E-state index in [2.05, 4.69) is 4.99 Å².